The van der Waals surface area contributed by atoms with Gasteiger partial charge in [0.2, 0.25) is 0 Å². The fourth-order valence-corrected chi connectivity index (χ4v) is 6.13. The van der Waals surface area contributed by atoms with Crippen molar-refractivity contribution in [3.63, 3.8) is 0 Å². The van der Waals surface area contributed by atoms with Crippen LogP contribution in [0.2, 0.25) is 0 Å². The first-order valence-electron chi connectivity index (χ1n) is 12.9. The van der Waals surface area contributed by atoms with Gasteiger partial charge in [0.15, 0.2) is 0 Å². The highest BCUT2D eigenvalue weighted by molar-refractivity contribution is 5.91. The maximum atomic E-state index is 9.50. The molecule has 0 radical (unpaired) electrons. The van der Waals surface area contributed by atoms with Crippen LogP contribution in [0.3, 0.4) is 0 Å². The van der Waals surface area contributed by atoms with Gasteiger partial charge in [0.05, 0.1) is 11.6 Å². The zero-order valence-electron chi connectivity index (χ0n) is 21.0. The van der Waals surface area contributed by atoms with Gasteiger partial charge in [-0.15, -0.1) is 0 Å². The van der Waals surface area contributed by atoms with Crippen LogP contribution in [0.1, 0.15) is 56.2 Å². The van der Waals surface area contributed by atoms with Crippen LogP contribution in [0.25, 0.3) is 16.7 Å². The van der Waals surface area contributed by atoms with E-state index in [1.165, 1.54) is 39.4 Å². The molecule has 2 aliphatic carbocycles. The summed E-state index contributed by atoms with van der Waals surface area (Å²) in [5, 5.41) is 9.50. The van der Waals surface area contributed by atoms with Crippen molar-refractivity contribution in [2.24, 2.45) is 0 Å². The molecule has 0 fully saturated rings. The summed E-state index contributed by atoms with van der Waals surface area (Å²) >= 11 is 0. The lowest BCUT2D eigenvalue weighted by Crippen LogP contribution is -2.37. The Morgan fingerprint density at radius 2 is 1.56 bits per heavy atom. The normalized spacial score (nSPS) is 18.1. The highest BCUT2D eigenvalue weighted by Crippen LogP contribution is 2.51. The molecule has 0 atom stereocenters. The van der Waals surface area contributed by atoms with Gasteiger partial charge in [0.1, 0.15) is 0 Å². The van der Waals surface area contributed by atoms with E-state index in [4.69, 9.17) is 0 Å². The van der Waals surface area contributed by atoms with Crippen molar-refractivity contribution in [1.82, 2.24) is 0 Å². The fourth-order valence-electron chi connectivity index (χ4n) is 6.13. The molecule has 0 amide bonds. The van der Waals surface area contributed by atoms with Crippen LogP contribution < -0.4 is 4.90 Å². The molecular formula is C34H30N2. The van der Waals surface area contributed by atoms with E-state index in [-0.39, 0.29) is 5.41 Å². The summed E-state index contributed by atoms with van der Waals surface area (Å²) in [5.41, 5.74) is 12.3. The number of nitrogens with zero attached hydrogens (tertiary/aromatic N) is 2. The number of nitriles is 1. The quantitative estimate of drug-likeness (QED) is 0.386. The molecule has 1 aliphatic heterocycles. The standard InChI is InChI=1S/C34H30N2/c1-34(2)29-17-6-9-20-32(29)36(33-21-10-7-18-30(33)34)31-19-8-5-16-28(31)27-15-4-3-14-26(27)25-13-11-12-24(22-25)23-35/h3-6,9-17,20-22H,7-8,18-19H2,1-2H3. The molecule has 0 spiro atoms. The van der Waals surface area contributed by atoms with Crippen molar-refractivity contribution < 1.29 is 0 Å². The van der Waals surface area contributed by atoms with Crippen LogP contribution in [-0.2, 0) is 5.41 Å². The Morgan fingerprint density at radius 1 is 0.806 bits per heavy atom. The largest absolute Gasteiger partial charge is 0.313 e. The highest BCUT2D eigenvalue weighted by atomic mass is 15.2. The highest BCUT2D eigenvalue weighted by Gasteiger charge is 2.39. The molecule has 3 aromatic carbocycles. The van der Waals surface area contributed by atoms with Crippen molar-refractivity contribution in [2.45, 2.75) is 44.9 Å². The van der Waals surface area contributed by atoms with Crippen molar-refractivity contribution in [3.05, 3.63) is 131 Å². The number of fused-ring (bicyclic) bond motifs is 1. The molecule has 3 aliphatic rings. The van der Waals surface area contributed by atoms with Crippen LogP contribution in [0, 0.1) is 11.3 Å². The lowest BCUT2D eigenvalue weighted by atomic mass is 9.70. The summed E-state index contributed by atoms with van der Waals surface area (Å²) in [6.07, 6.45) is 13.5. The number of para-hydroxylation sites is 1. The second-order valence-electron chi connectivity index (χ2n) is 10.3. The minimum Gasteiger partial charge on any atom is -0.313 e. The summed E-state index contributed by atoms with van der Waals surface area (Å²) in [6, 6.07) is 27.8. The summed E-state index contributed by atoms with van der Waals surface area (Å²) in [7, 11) is 0. The SMILES string of the molecule is CC1(C)C2=C(C=CCC2)N(C2=C(c3ccccc3-c3cccc(C#N)c3)C=CCC2)c2ccccc21. The molecule has 0 saturated carbocycles. The Balaban J connectivity index is 1.61. The van der Waals surface area contributed by atoms with Crippen LogP contribution in [0.15, 0.2) is 114 Å². The van der Waals surface area contributed by atoms with Crippen LogP contribution in [-0.4, -0.2) is 0 Å². The maximum absolute atomic E-state index is 9.50. The molecule has 1 heterocycles. The molecule has 2 heteroatoms. The summed E-state index contributed by atoms with van der Waals surface area (Å²) in [5.74, 6) is 0. The predicted molar refractivity (Wildman–Crippen MR) is 149 cm³/mol. The van der Waals surface area contributed by atoms with Crippen LogP contribution in [0.4, 0.5) is 5.69 Å². The summed E-state index contributed by atoms with van der Waals surface area (Å²) in [6.45, 7) is 4.76. The number of benzene rings is 3. The first kappa shape index (κ1) is 22.4. The Bertz CT molecular complexity index is 1520. The molecule has 0 N–H and O–H groups in total. The average molecular weight is 467 g/mol. The molecule has 0 saturated heterocycles. The lowest BCUT2D eigenvalue weighted by Gasteiger charge is -2.46. The first-order valence-corrected chi connectivity index (χ1v) is 12.9. The van der Waals surface area contributed by atoms with Gasteiger partial charge in [-0.1, -0.05) is 86.7 Å². The Kier molecular flexibility index (Phi) is 5.50. The first-order chi connectivity index (χ1) is 17.6. The number of rotatable bonds is 3. The van der Waals surface area contributed by atoms with Crippen molar-refractivity contribution in [3.8, 4) is 17.2 Å². The zero-order chi connectivity index (χ0) is 24.7. The van der Waals surface area contributed by atoms with E-state index in [2.05, 4.69) is 104 Å². The zero-order valence-corrected chi connectivity index (χ0v) is 21.0. The summed E-state index contributed by atoms with van der Waals surface area (Å²) in [4.78, 5) is 2.55. The third kappa shape index (κ3) is 3.55. The number of hydrogen-bond donors (Lipinski definition) is 0. The van der Waals surface area contributed by atoms with E-state index < -0.39 is 0 Å². The van der Waals surface area contributed by atoms with Gasteiger partial charge < -0.3 is 4.90 Å². The van der Waals surface area contributed by atoms with Gasteiger partial charge >= 0.3 is 0 Å². The molecule has 2 nitrogen and oxygen atoms in total. The predicted octanol–water partition coefficient (Wildman–Crippen LogP) is 8.69. The lowest BCUT2D eigenvalue weighted by molar-refractivity contribution is 0.567. The molecule has 3 aromatic rings. The van der Waals surface area contributed by atoms with Crippen LogP contribution in [0.5, 0.6) is 0 Å². The van der Waals surface area contributed by atoms with Gasteiger partial charge in [-0.2, -0.15) is 5.26 Å². The van der Waals surface area contributed by atoms with E-state index in [0.29, 0.717) is 5.56 Å². The number of allylic oxidation sites excluding steroid dienone is 7. The molecular weight excluding hydrogens is 436 g/mol. The molecule has 0 bridgehead atoms. The van der Waals surface area contributed by atoms with Gasteiger partial charge in [0.25, 0.3) is 0 Å². The molecule has 176 valence electrons. The third-order valence-corrected chi connectivity index (χ3v) is 7.89. The second-order valence-corrected chi connectivity index (χ2v) is 10.3. The van der Waals surface area contributed by atoms with E-state index in [1.54, 1.807) is 0 Å². The number of hydrogen-bond acceptors (Lipinski definition) is 2. The van der Waals surface area contributed by atoms with E-state index in [9.17, 15) is 5.26 Å². The number of anilines is 1. The molecule has 0 unspecified atom stereocenters. The van der Waals surface area contributed by atoms with E-state index in [0.717, 1.165) is 36.8 Å². The Hall–Kier alpha value is -4.09. The molecule has 0 aromatic heterocycles. The van der Waals surface area contributed by atoms with Gasteiger partial charge in [-0.05, 0) is 77.8 Å². The smallest absolute Gasteiger partial charge is 0.0991 e. The van der Waals surface area contributed by atoms with Gasteiger partial charge in [-0.3, -0.25) is 0 Å². The van der Waals surface area contributed by atoms with E-state index in [1.807, 2.05) is 18.2 Å². The Labute approximate surface area is 214 Å². The third-order valence-electron chi connectivity index (χ3n) is 7.89. The molecule has 6 rings (SSSR count). The second kappa shape index (κ2) is 8.85. The van der Waals surface area contributed by atoms with Gasteiger partial charge in [-0.25, -0.2) is 0 Å². The van der Waals surface area contributed by atoms with Gasteiger partial charge in [0, 0.05) is 28.1 Å². The minimum absolute atomic E-state index is 0.00799. The Morgan fingerprint density at radius 3 is 2.42 bits per heavy atom. The average Bonchev–Trinajstić information content (AvgIpc) is 2.94. The molecule has 36 heavy (non-hydrogen) atoms. The maximum Gasteiger partial charge on any atom is 0.0991 e. The topological polar surface area (TPSA) is 27.0 Å². The van der Waals surface area contributed by atoms with Crippen LogP contribution >= 0.6 is 0 Å². The van der Waals surface area contributed by atoms with Crippen molar-refractivity contribution in [2.75, 3.05) is 4.90 Å². The minimum atomic E-state index is 0.00799. The summed E-state index contributed by atoms with van der Waals surface area (Å²) < 4.78 is 0. The monoisotopic (exact) mass is 466 g/mol. The van der Waals surface area contributed by atoms with E-state index >= 15 is 0 Å². The van der Waals surface area contributed by atoms with Crippen molar-refractivity contribution >= 4 is 11.3 Å². The fraction of sp³-hybridized carbons (Fsp3) is 0.206. The van der Waals surface area contributed by atoms with Crippen molar-refractivity contribution in [1.29, 1.82) is 5.26 Å².